The van der Waals surface area contributed by atoms with Gasteiger partial charge < -0.3 is 15.4 Å². The van der Waals surface area contributed by atoms with Crippen molar-refractivity contribution >= 4 is 5.91 Å². The van der Waals surface area contributed by atoms with E-state index in [1.807, 2.05) is 19.9 Å². The highest BCUT2D eigenvalue weighted by atomic mass is 16.5. The number of hydrogen-bond acceptors (Lipinski definition) is 4. The van der Waals surface area contributed by atoms with Crippen LogP contribution in [0.2, 0.25) is 0 Å². The van der Waals surface area contributed by atoms with E-state index in [4.69, 9.17) is 4.74 Å². The van der Waals surface area contributed by atoms with Crippen molar-refractivity contribution in [1.29, 1.82) is 0 Å². The van der Waals surface area contributed by atoms with Crippen molar-refractivity contribution < 1.29 is 9.53 Å². The van der Waals surface area contributed by atoms with Gasteiger partial charge in [-0.05, 0) is 50.8 Å². The summed E-state index contributed by atoms with van der Waals surface area (Å²) in [5, 5.41) is 6.44. The van der Waals surface area contributed by atoms with Crippen LogP contribution >= 0.6 is 0 Å². The number of ether oxygens (including phenoxy) is 1. The van der Waals surface area contributed by atoms with Gasteiger partial charge in [0.2, 0.25) is 5.91 Å². The molecule has 2 aliphatic rings. The normalized spacial score (nSPS) is 24.3. The van der Waals surface area contributed by atoms with Gasteiger partial charge in [0.15, 0.2) is 0 Å². The van der Waals surface area contributed by atoms with Crippen molar-refractivity contribution in [2.45, 2.75) is 57.3 Å². The fourth-order valence-corrected chi connectivity index (χ4v) is 3.69. The molecule has 3 rings (SSSR count). The molecular weight excluding hydrogens is 302 g/mol. The van der Waals surface area contributed by atoms with Gasteiger partial charge in [0.25, 0.3) is 0 Å². The van der Waals surface area contributed by atoms with E-state index in [1.54, 1.807) is 7.11 Å². The van der Waals surface area contributed by atoms with E-state index < -0.39 is 0 Å². The number of likely N-dealkylation sites (tertiary alicyclic amines) is 1. The molecule has 132 valence electrons. The topological polar surface area (TPSA) is 53.6 Å². The number of benzene rings is 1. The predicted molar refractivity (Wildman–Crippen MR) is 95.1 cm³/mol. The first-order valence-electron chi connectivity index (χ1n) is 9.01. The second-order valence-corrected chi connectivity index (χ2v) is 7.19. The van der Waals surface area contributed by atoms with Gasteiger partial charge in [-0.2, -0.15) is 0 Å². The molecule has 2 N–H and O–H groups in total. The van der Waals surface area contributed by atoms with Crippen LogP contribution in [0, 0.1) is 0 Å². The van der Waals surface area contributed by atoms with E-state index in [9.17, 15) is 4.79 Å². The smallest absolute Gasteiger partial charge is 0.234 e. The van der Waals surface area contributed by atoms with Gasteiger partial charge in [0.05, 0.1) is 19.7 Å². The van der Waals surface area contributed by atoms with Gasteiger partial charge in [-0.1, -0.05) is 12.1 Å². The minimum Gasteiger partial charge on any atom is -0.497 e. The van der Waals surface area contributed by atoms with Crippen LogP contribution in [0.15, 0.2) is 24.3 Å². The molecule has 5 nitrogen and oxygen atoms in total. The maximum absolute atomic E-state index is 12.0. The van der Waals surface area contributed by atoms with Gasteiger partial charge >= 0.3 is 0 Å². The third-order valence-electron chi connectivity index (χ3n) is 4.86. The minimum atomic E-state index is 0.0688. The van der Waals surface area contributed by atoms with Crippen LogP contribution in [-0.4, -0.2) is 49.1 Å². The fourth-order valence-electron chi connectivity index (χ4n) is 3.69. The minimum absolute atomic E-state index is 0.0688. The summed E-state index contributed by atoms with van der Waals surface area (Å²) in [5.74, 6) is 0.964. The van der Waals surface area contributed by atoms with E-state index in [1.165, 1.54) is 18.4 Å². The molecular formula is C19H29N3O2. The molecule has 1 heterocycles. The Bertz CT molecular complexity index is 571. The Morgan fingerprint density at radius 1 is 1.33 bits per heavy atom. The largest absolute Gasteiger partial charge is 0.497 e. The summed E-state index contributed by atoms with van der Waals surface area (Å²) in [7, 11) is 1.71. The molecule has 0 spiro atoms. The van der Waals surface area contributed by atoms with E-state index in [0.29, 0.717) is 24.7 Å². The summed E-state index contributed by atoms with van der Waals surface area (Å²) < 4.78 is 5.40. The predicted octanol–water partition coefficient (Wildman–Crippen LogP) is 2.09. The van der Waals surface area contributed by atoms with E-state index in [-0.39, 0.29) is 11.9 Å². The van der Waals surface area contributed by atoms with Crippen molar-refractivity contribution in [3.63, 3.8) is 0 Å². The highest BCUT2D eigenvalue weighted by molar-refractivity contribution is 5.78. The average molecular weight is 331 g/mol. The molecule has 0 radical (unpaired) electrons. The average Bonchev–Trinajstić information content (AvgIpc) is 3.32. The monoisotopic (exact) mass is 331 g/mol. The summed E-state index contributed by atoms with van der Waals surface area (Å²) in [5.41, 5.74) is 1.28. The van der Waals surface area contributed by atoms with Crippen LogP contribution < -0.4 is 15.4 Å². The molecule has 2 fully saturated rings. The van der Waals surface area contributed by atoms with Crippen molar-refractivity contribution in [3.05, 3.63) is 29.8 Å². The first-order valence-corrected chi connectivity index (χ1v) is 9.01. The molecule has 5 heteroatoms. The number of nitrogens with one attached hydrogen (secondary N) is 2. The summed E-state index contributed by atoms with van der Waals surface area (Å²) in [6.07, 6.45) is 3.66. The molecule has 1 amide bonds. The second kappa shape index (κ2) is 7.53. The van der Waals surface area contributed by atoms with Crippen molar-refractivity contribution in [2.75, 3.05) is 20.2 Å². The lowest BCUT2D eigenvalue weighted by atomic mass is 9.99. The van der Waals surface area contributed by atoms with Crippen LogP contribution in [0.5, 0.6) is 5.75 Å². The quantitative estimate of drug-likeness (QED) is 0.803. The molecule has 1 saturated carbocycles. The van der Waals surface area contributed by atoms with Crippen molar-refractivity contribution in [2.24, 2.45) is 0 Å². The molecule has 1 aromatic rings. The Labute approximate surface area is 144 Å². The van der Waals surface area contributed by atoms with E-state index in [0.717, 1.165) is 18.7 Å². The molecule has 1 saturated heterocycles. The van der Waals surface area contributed by atoms with Gasteiger partial charge in [-0.25, -0.2) is 0 Å². The summed E-state index contributed by atoms with van der Waals surface area (Å²) in [6.45, 7) is 5.44. The van der Waals surface area contributed by atoms with Gasteiger partial charge in [0.1, 0.15) is 5.75 Å². The number of hydrogen-bond donors (Lipinski definition) is 2. The molecule has 0 bridgehead atoms. The highest BCUT2D eigenvalue weighted by Crippen LogP contribution is 2.41. The van der Waals surface area contributed by atoms with Crippen molar-refractivity contribution in [1.82, 2.24) is 15.5 Å². The molecule has 1 aliphatic carbocycles. The van der Waals surface area contributed by atoms with Crippen LogP contribution in [0.1, 0.15) is 44.7 Å². The summed E-state index contributed by atoms with van der Waals surface area (Å²) in [4.78, 5) is 14.6. The number of carbonyl (C=O) groups excluding carboxylic acids is 1. The maximum atomic E-state index is 12.0. The summed E-state index contributed by atoms with van der Waals surface area (Å²) in [6, 6.07) is 9.86. The summed E-state index contributed by atoms with van der Waals surface area (Å²) >= 11 is 0. The zero-order valence-electron chi connectivity index (χ0n) is 14.9. The van der Waals surface area contributed by atoms with Crippen LogP contribution in [-0.2, 0) is 4.79 Å². The Balaban J connectivity index is 1.71. The zero-order valence-corrected chi connectivity index (χ0v) is 14.9. The molecule has 2 atom stereocenters. The SMILES string of the molecule is COc1cccc([C@H]2[C@H](NCC(=O)NC(C)C)CCN2C2CC2)c1. The van der Waals surface area contributed by atoms with Gasteiger partial charge in [-0.3, -0.25) is 9.69 Å². The van der Waals surface area contributed by atoms with E-state index in [2.05, 4.69) is 33.7 Å². The maximum Gasteiger partial charge on any atom is 0.234 e. The Morgan fingerprint density at radius 3 is 2.79 bits per heavy atom. The third kappa shape index (κ3) is 4.08. The lowest BCUT2D eigenvalue weighted by Gasteiger charge is -2.29. The molecule has 1 aliphatic heterocycles. The number of rotatable bonds is 7. The third-order valence-corrected chi connectivity index (χ3v) is 4.86. The first-order chi connectivity index (χ1) is 11.6. The number of nitrogens with zero attached hydrogens (tertiary/aromatic N) is 1. The van der Waals surface area contributed by atoms with Crippen molar-refractivity contribution in [3.8, 4) is 5.75 Å². The second-order valence-electron chi connectivity index (χ2n) is 7.19. The first kappa shape index (κ1) is 17.2. The van der Waals surface area contributed by atoms with Crippen LogP contribution in [0.4, 0.5) is 0 Å². The van der Waals surface area contributed by atoms with Crippen LogP contribution in [0.3, 0.4) is 0 Å². The highest BCUT2D eigenvalue weighted by Gasteiger charge is 2.42. The zero-order chi connectivity index (χ0) is 17.1. The standard InChI is InChI=1S/C19H29N3O2/c1-13(2)21-18(23)12-20-17-9-10-22(15-7-8-15)19(17)14-5-4-6-16(11-14)24-3/h4-6,11,13,15,17,19-20H,7-10,12H2,1-3H3,(H,21,23)/t17-,19+/m1/s1. The number of methoxy groups -OCH3 is 1. The van der Waals surface area contributed by atoms with E-state index >= 15 is 0 Å². The molecule has 24 heavy (non-hydrogen) atoms. The fraction of sp³-hybridized carbons (Fsp3) is 0.632. The molecule has 0 unspecified atom stereocenters. The molecule has 0 aromatic heterocycles. The van der Waals surface area contributed by atoms with Gasteiger partial charge in [0, 0.05) is 24.7 Å². The lowest BCUT2D eigenvalue weighted by molar-refractivity contribution is -0.120. The Morgan fingerprint density at radius 2 is 2.12 bits per heavy atom. The number of amides is 1. The Hall–Kier alpha value is -1.59. The lowest BCUT2D eigenvalue weighted by Crippen LogP contribution is -2.43. The van der Waals surface area contributed by atoms with Crippen LogP contribution in [0.25, 0.3) is 0 Å². The number of carbonyl (C=O) groups is 1. The Kier molecular flexibility index (Phi) is 5.41. The van der Waals surface area contributed by atoms with Gasteiger partial charge in [-0.15, -0.1) is 0 Å². The molecule has 1 aromatic carbocycles.